The van der Waals surface area contributed by atoms with Crippen LogP contribution in [0.2, 0.25) is 4.34 Å². The second-order valence-electron chi connectivity index (χ2n) is 3.90. The lowest BCUT2D eigenvalue weighted by molar-refractivity contribution is 0.644. The molecule has 16 heavy (non-hydrogen) atoms. The molecule has 0 atom stereocenters. The predicted octanol–water partition coefficient (Wildman–Crippen LogP) is 2.67. The van der Waals surface area contributed by atoms with Gasteiger partial charge >= 0.3 is 0 Å². The molecule has 2 N–H and O–H groups in total. The lowest BCUT2D eigenvalue weighted by Gasteiger charge is -1.99. The van der Waals surface area contributed by atoms with E-state index in [4.69, 9.17) is 17.3 Å². The highest BCUT2D eigenvalue weighted by atomic mass is 35.5. The average molecular weight is 254 g/mol. The Bertz CT molecular complexity index is 529. The van der Waals surface area contributed by atoms with Crippen LogP contribution in [0.25, 0.3) is 10.4 Å². The number of nitrogens with two attached hydrogens (primary N) is 1. The Hall–Kier alpha value is -0.840. The maximum absolute atomic E-state index is 5.98. The highest BCUT2D eigenvalue weighted by Crippen LogP contribution is 2.37. The summed E-state index contributed by atoms with van der Waals surface area (Å²) in [6.45, 7) is 1.51. The summed E-state index contributed by atoms with van der Waals surface area (Å²) < 4.78 is 2.90. The van der Waals surface area contributed by atoms with Gasteiger partial charge in [0.05, 0.1) is 10.0 Å². The molecule has 0 fully saturated rings. The van der Waals surface area contributed by atoms with Crippen LogP contribution in [-0.4, -0.2) is 9.78 Å². The van der Waals surface area contributed by atoms with Crippen molar-refractivity contribution in [1.82, 2.24) is 9.78 Å². The Balaban J connectivity index is 2.18. The zero-order chi connectivity index (χ0) is 11.1. The molecular weight excluding hydrogens is 242 g/mol. The molecular formula is C11H12ClN3S. The highest BCUT2D eigenvalue weighted by Gasteiger charge is 2.22. The minimum Gasteiger partial charge on any atom is -0.325 e. The third-order valence-electron chi connectivity index (χ3n) is 2.93. The number of hydrogen-bond acceptors (Lipinski definition) is 3. The van der Waals surface area contributed by atoms with E-state index in [1.807, 2.05) is 6.07 Å². The van der Waals surface area contributed by atoms with Crippen LogP contribution in [0.3, 0.4) is 0 Å². The molecule has 2 aromatic rings. The third kappa shape index (κ3) is 1.49. The number of halogens is 1. The number of thiophene rings is 1. The summed E-state index contributed by atoms with van der Waals surface area (Å²) in [6.07, 6.45) is 2.27. The Kier molecular flexibility index (Phi) is 2.50. The van der Waals surface area contributed by atoms with Crippen molar-refractivity contribution in [3.8, 4) is 10.4 Å². The first-order valence-electron chi connectivity index (χ1n) is 5.34. The molecule has 2 aromatic heterocycles. The fourth-order valence-electron chi connectivity index (χ4n) is 2.26. The number of fused-ring (bicyclic) bond motifs is 1. The van der Waals surface area contributed by atoms with Gasteiger partial charge in [0.1, 0.15) is 0 Å². The van der Waals surface area contributed by atoms with Crippen LogP contribution < -0.4 is 5.73 Å². The van der Waals surface area contributed by atoms with Crippen LogP contribution in [0.15, 0.2) is 12.1 Å². The van der Waals surface area contributed by atoms with Gasteiger partial charge in [-0.3, -0.25) is 4.68 Å². The third-order valence-corrected chi connectivity index (χ3v) is 4.18. The van der Waals surface area contributed by atoms with Gasteiger partial charge in [-0.15, -0.1) is 11.3 Å². The van der Waals surface area contributed by atoms with Crippen molar-refractivity contribution < 1.29 is 0 Å². The Morgan fingerprint density at radius 2 is 2.38 bits per heavy atom. The first kappa shape index (κ1) is 10.3. The van der Waals surface area contributed by atoms with Gasteiger partial charge in [-0.2, -0.15) is 5.10 Å². The lowest BCUT2D eigenvalue weighted by atomic mass is 10.1. The van der Waals surface area contributed by atoms with Gasteiger partial charge in [-0.05, 0) is 25.0 Å². The molecule has 0 spiro atoms. The number of aryl methyl sites for hydroxylation is 1. The van der Waals surface area contributed by atoms with Gasteiger partial charge in [0, 0.05) is 29.2 Å². The summed E-state index contributed by atoms with van der Waals surface area (Å²) >= 11 is 7.58. The SMILES string of the molecule is NCc1nn2c(c1-c1ccc(Cl)s1)CCC2. The number of hydrogen-bond donors (Lipinski definition) is 1. The van der Waals surface area contributed by atoms with Crippen LogP contribution in [0.1, 0.15) is 17.8 Å². The predicted molar refractivity (Wildman–Crippen MR) is 66.8 cm³/mol. The van der Waals surface area contributed by atoms with E-state index in [2.05, 4.69) is 15.8 Å². The molecule has 1 aliphatic rings. The maximum Gasteiger partial charge on any atom is 0.0934 e. The van der Waals surface area contributed by atoms with E-state index in [0.717, 1.165) is 23.0 Å². The van der Waals surface area contributed by atoms with Gasteiger partial charge in [-0.1, -0.05) is 11.6 Å². The molecule has 0 saturated heterocycles. The molecule has 0 unspecified atom stereocenters. The average Bonchev–Trinajstić information content (AvgIpc) is 2.91. The summed E-state index contributed by atoms with van der Waals surface area (Å²) in [5.41, 5.74) is 9.28. The molecule has 5 heteroatoms. The second-order valence-corrected chi connectivity index (χ2v) is 5.62. The summed E-state index contributed by atoms with van der Waals surface area (Å²) in [5.74, 6) is 0. The van der Waals surface area contributed by atoms with Gasteiger partial charge in [-0.25, -0.2) is 0 Å². The Morgan fingerprint density at radius 1 is 1.50 bits per heavy atom. The Labute approximate surface area is 103 Å². The zero-order valence-electron chi connectivity index (χ0n) is 8.74. The molecule has 0 radical (unpaired) electrons. The van der Waals surface area contributed by atoms with Crippen LogP contribution in [-0.2, 0) is 19.5 Å². The van der Waals surface area contributed by atoms with E-state index in [0.29, 0.717) is 6.54 Å². The standard InChI is InChI=1S/C11H12ClN3S/c12-10-4-3-9(16-10)11-7(6-13)14-15-5-1-2-8(11)15/h3-4H,1-2,5-6,13H2. The molecule has 0 aliphatic carbocycles. The van der Waals surface area contributed by atoms with Gasteiger partial charge in [0.25, 0.3) is 0 Å². The summed E-state index contributed by atoms with van der Waals surface area (Å²) in [4.78, 5) is 1.19. The van der Waals surface area contributed by atoms with E-state index < -0.39 is 0 Å². The topological polar surface area (TPSA) is 43.8 Å². The number of nitrogens with zero attached hydrogens (tertiary/aromatic N) is 2. The normalized spacial score (nSPS) is 14.4. The molecule has 0 saturated carbocycles. The summed E-state index contributed by atoms with van der Waals surface area (Å²) in [6, 6.07) is 3.99. The van der Waals surface area contributed by atoms with E-state index in [1.54, 1.807) is 11.3 Å². The molecule has 0 bridgehead atoms. The smallest absolute Gasteiger partial charge is 0.0934 e. The molecule has 3 rings (SSSR count). The maximum atomic E-state index is 5.98. The quantitative estimate of drug-likeness (QED) is 0.894. The second kappa shape index (κ2) is 3.87. The summed E-state index contributed by atoms with van der Waals surface area (Å²) in [7, 11) is 0. The minimum absolute atomic E-state index is 0.491. The molecule has 0 aromatic carbocycles. The Morgan fingerprint density at radius 3 is 3.06 bits per heavy atom. The molecule has 1 aliphatic heterocycles. The van der Waals surface area contributed by atoms with Crippen LogP contribution in [0.5, 0.6) is 0 Å². The molecule has 84 valence electrons. The summed E-state index contributed by atoms with van der Waals surface area (Å²) in [5, 5.41) is 4.55. The monoisotopic (exact) mass is 253 g/mol. The van der Waals surface area contributed by atoms with Gasteiger partial charge < -0.3 is 5.73 Å². The fraction of sp³-hybridized carbons (Fsp3) is 0.364. The highest BCUT2D eigenvalue weighted by molar-refractivity contribution is 7.19. The van der Waals surface area contributed by atoms with Gasteiger partial charge in [0.15, 0.2) is 0 Å². The van der Waals surface area contributed by atoms with Crippen molar-refractivity contribution in [2.75, 3.05) is 0 Å². The number of aromatic nitrogens is 2. The zero-order valence-corrected chi connectivity index (χ0v) is 10.3. The van der Waals surface area contributed by atoms with E-state index in [-0.39, 0.29) is 0 Å². The van der Waals surface area contributed by atoms with Crippen molar-refractivity contribution in [2.24, 2.45) is 5.73 Å². The van der Waals surface area contributed by atoms with Crippen LogP contribution in [0, 0.1) is 0 Å². The first-order chi connectivity index (χ1) is 7.79. The molecule has 0 amide bonds. The van der Waals surface area contributed by atoms with E-state index >= 15 is 0 Å². The van der Waals surface area contributed by atoms with E-state index in [1.165, 1.54) is 22.6 Å². The van der Waals surface area contributed by atoms with Crippen LogP contribution in [0.4, 0.5) is 0 Å². The minimum atomic E-state index is 0.491. The van der Waals surface area contributed by atoms with Crippen molar-refractivity contribution >= 4 is 22.9 Å². The first-order valence-corrected chi connectivity index (χ1v) is 6.53. The van der Waals surface area contributed by atoms with Crippen molar-refractivity contribution in [3.63, 3.8) is 0 Å². The van der Waals surface area contributed by atoms with Crippen LogP contribution >= 0.6 is 22.9 Å². The van der Waals surface area contributed by atoms with Gasteiger partial charge in [0.2, 0.25) is 0 Å². The van der Waals surface area contributed by atoms with E-state index in [9.17, 15) is 0 Å². The largest absolute Gasteiger partial charge is 0.325 e. The van der Waals surface area contributed by atoms with Crippen molar-refractivity contribution in [2.45, 2.75) is 25.9 Å². The van der Waals surface area contributed by atoms with Crippen molar-refractivity contribution in [1.29, 1.82) is 0 Å². The molecule has 3 heterocycles. The number of rotatable bonds is 2. The lowest BCUT2D eigenvalue weighted by Crippen LogP contribution is -2.01. The molecule has 3 nitrogen and oxygen atoms in total. The fourth-order valence-corrected chi connectivity index (χ4v) is 3.40. The van der Waals surface area contributed by atoms with Crippen molar-refractivity contribution in [3.05, 3.63) is 27.9 Å².